The number of hydrogen-bond acceptors (Lipinski definition) is 4. The van der Waals surface area contributed by atoms with Gasteiger partial charge in [0.2, 0.25) is 5.91 Å². The molecule has 1 rings (SSSR count). The smallest absolute Gasteiger partial charge is 0.323 e. The molecule has 0 fully saturated rings. The third-order valence-electron chi connectivity index (χ3n) is 3.28. The number of rotatable bonds is 7. The van der Waals surface area contributed by atoms with Gasteiger partial charge >= 0.3 is 6.03 Å². The van der Waals surface area contributed by atoms with E-state index in [1.165, 1.54) is 12.0 Å². The number of anilines is 1. The Balaban J connectivity index is 3.00. The number of aromatic nitrogens is 1. The van der Waals surface area contributed by atoms with E-state index in [1.54, 1.807) is 6.07 Å². The molecule has 7 nitrogen and oxygen atoms in total. The summed E-state index contributed by atoms with van der Waals surface area (Å²) in [5, 5.41) is 2.68. The summed E-state index contributed by atoms with van der Waals surface area (Å²) >= 11 is 0. The summed E-state index contributed by atoms with van der Waals surface area (Å²) < 4.78 is 4.96. The van der Waals surface area contributed by atoms with Crippen LogP contribution in [0.15, 0.2) is 18.2 Å². The van der Waals surface area contributed by atoms with Gasteiger partial charge in [-0.05, 0) is 30.9 Å². The molecule has 0 aliphatic rings. The molecule has 0 saturated heterocycles. The Hall–Kier alpha value is -2.15. The second kappa shape index (κ2) is 8.63. The highest BCUT2D eigenvalue weighted by atomic mass is 16.5. The van der Waals surface area contributed by atoms with E-state index in [-0.39, 0.29) is 5.41 Å². The molecule has 0 aromatic carbocycles. The van der Waals surface area contributed by atoms with Gasteiger partial charge in [0.15, 0.2) is 0 Å². The van der Waals surface area contributed by atoms with Gasteiger partial charge in [0, 0.05) is 26.0 Å². The Bertz CT molecular complexity index is 569. The van der Waals surface area contributed by atoms with Crippen molar-refractivity contribution in [1.82, 2.24) is 10.3 Å². The van der Waals surface area contributed by atoms with Gasteiger partial charge in [0.1, 0.15) is 11.9 Å². The monoisotopic (exact) mass is 336 g/mol. The Morgan fingerprint density at radius 3 is 2.54 bits per heavy atom. The zero-order chi connectivity index (χ0) is 18.3. The second-order valence-corrected chi connectivity index (χ2v) is 6.97. The van der Waals surface area contributed by atoms with E-state index in [2.05, 4.69) is 10.3 Å². The van der Waals surface area contributed by atoms with E-state index in [1.807, 2.05) is 39.8 Å². The number of ether oxygens (including phenoxy) is 1. The van der Waals surface area contributed by atoms with Crippen molar-refractivity contribution in [3.8, 4) is 0 Å². The van der Waals surface area contributed by atoms with Gasteiger partial charge in [-0.25, -0.2) is 9.78 Å². The SMILES string of the molecule is COCCC(NC(=O)N(CC(C)(C)C)c1cccc(C)n1)C(N)=O. The van der Waals surface area contributed by atoms with Gasteiger partial charge in [-0.1, -0.05) is 26.8 Å². The van der Waals surface area contributed by atoms with Crippen LogP contribution in [0.4, 0.5) is 10.6 Å². The number of aryl methyl sites for hydroxylation is 1. The lowest BCUT2D eigenvalue weighted by Gasteiger charge is -2.30. The number of urea groups is 1. The lowest BCUT2D eigenvalue weighted by atomic mass is 9.96. The van der Waals surface area contributed by atoms with Crippen LogP contribution in [0, 0.1) is 12.3 Å². The fourth-order valence-corrected chi connectivity index (χ4v) is 2.16. The molecule has 1 aromatic heterocycles. The average Bonchev–Trinajstić information content (AvgIpc) is 2.47. The first kappa shape index (κ1) is 19.9. The molecular formula is C17H28N4O3. The molecule has 24 heavy (non-hydrogen) atoms. The minimum Gasteiger partial charge on any atom is -0.385 e. The van der Waals surface area contributed by atoms with Crippen LogP contribution < -0.4 is 16.0 Å². The van der Waals surface area contributed by atoms with Gasteiger partial charge in [-0.3, -0.25) is 9.69 Å². The highest BCUT2D eigenvalue weighted by Gasteiger charge is 2.27. The number of carbonyl (C=O) groups is 2. The minimum absolute atomic E-state index is 0.141. The number of hydrogen-bond donors (Lipinski definition) is 2. The van der Waals surface area contributed by atoms with Gasteiger partial charge in [-0.2, -0.15) is 0 Å². The molecule has 1 unspecified atom stereocenters. The predicted octanol–water partition coefficient (Wildman–Crippen LogP) is 1.84. The van der Waals surface area contributed by atoms with E-state index >= 15 is 0 Å². The summed E-state index contributed by atoms with van der Waals surface area (Å²) in [6.07, 6.45) is 0.322. The first-order valence-electron chi connectivity index (χ1n) is 7.94. The fraction of sp³-hybridized carbons (Fsp3) is 0.588. The molecule has 0 spiro atoms. The van der Waals surface area contributed by atoms with Crippen LogP contribution in [-0.2, 0) is 9.53 Å². The van der Waals surface area contributed by atoms with Crippen LogP contribution in [0.25, 0.3) is 0 Å². The van der Waals surface area contributed by atoms with E-state index in [0.717, 1.165) is 5.69 Å². The molecular weight excluding hydrogens is 308 g/mol. The summed E-state index contributed by atoms with van der Waals surface area (Å²) in [6, 6.07) is 4.29. The van der Waals surface area contributed by atoms with Crippen molar-refractivity contribution in [2.75, 3.05) is 25.2 Å². The molecule has 7 heteroatoms. The van der Waals surface area contributed by atoms with Gasteiger partial charge < -0.3 is 15.8 Å². The van der Waals surface area contributed by atoms with Crippen molar-refractivity contribution in [2.24, 2.45) is 11.1 Å². The molecule has 1 heterocycles. The summed E-state index contributed by atoms with van der Waals surface area (Å²) in [6.45, 7) is 8.72. The first-order chi connectivity index (χ1) is 11.1. The largest absolute Gasteiger partial charge is 0.385 e. The molecule has 0 radical (unpaired) electrons. The average molecular weight is 336 g/mol. The quantitative estimate of drug-likeness (QED) is 0.794. The minimum atomic E-state index is -0.787. The molecule has 0 saturated carbocycles. The van der Waals surface area contributed by atoms with Crippen LogP contribution in [-0.4, -0.2) is 43.2 Å². The maximum atomic E-state index is 12.7. The fourth-order valence-electron chi connectivity index (χ4n) is 2.16. The van der Waals surface area contributed by atoms with E-state index in [9.17, 15) is 9.59 Å². The summed E-state index contributed by atoms with van der Waals surface area (Å²) in [4.78, 5) is 30.2. The number of carbonyl (C=O) groups excluding carboxylic acids is 2. The summed E-state index contributed by atoms with van der Waals surface area (Å²) in [5.41, 5.74) is 6.04. The zero-order valence-electron chi connectivity index (χ0n) is 15.1. The van der Waals surface area contributed by atoms with Crippen LogP contribution >= 0.6 is 0 Å². The third kappa shape index (κ3) is 6.54. The number of nitrogens with one attached hydrogen (secondary N) is 1. The molecule has 3 amide bonds. The highest BCUT2D eigenvalue weighted by Crippen LogP contribution is 2.20. The number of nitrogens with two attached hydrogens (primary N) is 1. The van der Waals surface area contributed by atoms with Crippen molar-refractivity contribution in [1.29, 1.82) is 0 Å². The van der Waals surface area contributed by atoms with Gasteiger partial charge in [-0.15, -0.1) is 0 Å². The zero-order valence-corrected chi connectivity index (χ0v) is 15.1. The number of nitrogens with zero attached hydrogens (tertiary/aromatic N) is 2. The van der Waals surface area contributed by atoms with Crippen molar-refractivity contribution < 1.29 is 14.3 Å². The van der Waals surface area contributed by atoms with Crippen molar-refractivity contribution >= 4 is 17.8 Å². The number of pyridine rings is 1. The Morgan fingerprint density at radius 1 is 1.38 bits per heavy atom. The van der Waals surface area contributed by atoms with E-state index in [4.69, 9.17) is 10.5 Å². The molecule has 1 aromatic rings. The number of primary amides is 1. The van der Waals surface area contributed by atoms with Crippen LogP contribution in [0.1, 0.15) is 32.9 Å². The Kier molecular flexibility index (Phi) is 7.16. The molecule has 0 aliphatic carbocycles. The maximum Gasteiger partial charge on any atom is 0.323 e. The number of methoxy groups -OCH3 is 1. The second-order valence-electron chi connectivity index (χ2n) is 6.97. The normalized spacial score (nSPS) is 12.5. The Morgan fingerprint density at radius 2 is 2.04 bits per heavy atom. The lowest BCUT2D eigenvalue weighted by molar-refractivity contribution is -0.120. The van der Waals surface area contributed by atoms with E-state index in [0.29, 0.717) is 25.4 Å². The number of amides is 3. The topological polar surface area (TPSA) is 97.6 Å². The standard InChI is InChI=1S/C17H28N4O3/c1-12-7-6-8-14(19-12)21(11-17(2,3)4)16(23)20-13(15(18)22)9-10-24-5/h6-8,13H,9-11H2,1-5H3,(H2,18,22)(H,20,23). The van der Waals surface area contributed by atoms with Crippen molar-refractivity contribution in [2.45, 2.75) is 40.2 Å². The molecule has 134 valence electrons. The Labute approximate surface area is 143 Å². The predicted molar refractivity (Wildman–Crippen MR) is 93.8 cm³/mol. The first-order valence-corrected chi connectivity index (χ1v) is 7.94. The lowest BCUT2D eigenvalue weighted by Crippen LogP contribution is -2.52. The van der Waals surface area contributed by atoms with Gasteiger partial charge in [0.25, 0.3) is 0 Å². The van der Waals surface area contributed by atoms with Crippen LogP contribution in [0.3, 0.4) is 0 Å². The third-order valence-corrected chi connectivity index (χ3v) is 3.28. The maximum absolute atomic E-state index is 12.7. The highest BCUT2D eigenvalue weighted by molar-refractivity contribution is 5.94. The summed E-state index contributed by atoms with van der Waals surface area (Å²) in [7, 11) is 1.53. The van der Waals surface area contributed by atoms with E-state index < -0.39 is 18.0 Å². The van der Waals surface area contributed by atoms with Crippen LogP contribution in [0.2, 0.25) is 0 Å². The van der Waals surface area contributed by atoms with Gasteiger partial charge in [0.05, 0.1) is 0 Å². The van der Waals surface area contributed by atoms with Crippen molar-refractivity contribution in [3.63, 3.8) is 0 Å². The molecule has 1 atom stereocenters. The molecule has 3 N–H and O–H groups in total. The summed E-state index contributed by atoms with van der Waals surface area (Å²) in [5.74, 6) is -0.0503. The molecule has 0 aliphatic heterocycles. The van der Waals surface area contributed by atoms with Crippen molar-refractivity contribution in [3.05, 3.63) is 23.9 Å². The molecule has 0 bridgehead atoms. The van der Waals surface area contributed by atoms with Crippen LogP contribution in [0.5, 0.6) is 0 Å².